The Morgan fingerprint density at radius 2 is 2.00 bits per heavy atom. The van der Waals surface area contributed by atoms with E-state index >= 15 is 0 Å². The average Bonchev–Trinajstić information content (AvgIpc) is 2.15. The third-order valence-corrected chi connectivity index (χ3v) is 2.68. The molecule has 0 aliphatic heterocycles. The van der Waals surface area contributed by atoms with E-state index in [1.807, 2.05) is 13.2 Å². The van der Waals surface area contributed by atoms with Crippen LogP contribution < -0.4 is 10.6 Å². The number of thioether (sulfide) groups is 1. The van der Waals surface area contributed by atoms with Crippen molar-refractivity contribution in [1.82, 2.24) is 10.6 Å². The van der Waals surface area contributed by atoms with Gasteiger partial charge in [0.25, 0.3) is 0 Å². The van der Waals surface area contributed by atoms with Crippen LogP contribution in [0.5, 0.6) is 0 Å². The Kier molecular flexibility index (Phi) is 6.94. The molecule has 2 unspecified atom stereocenters. The van der Waals surface area contributed by atoms with Gasteiger partial charge in [-0.3, -0.25) is 4.79 Å². The normalized spacial score (nSPS) is 14.1. The highest BCUT2D eigenvalue weighted by Gasteiger charge is 2.13. The zero-order valence-electron chi connectivity index (χ0n) is 9.24. The molecule has 0 spiro atoms. The lowest BCUT2D eigenvalue weighted by atomic mass is 10.2. The fourth-order valence-corrected chi connectivity index (χ4v) is 1.61. The van der Waals surface area contributed by atoms with Crippen molar-refractivity contribution in [2.24, 2.45) is 5.92 Å². The summed E-state index contributed by atoms with van der Waals surface area (Å²) >= 11 is 1.71. The number of aliphatic carboxylic acids is 1. The van der Waals surface area contributed by atoms with E-state index in [1.54, 1.807) is 11.8 Å². The van der Waals surface area contributed by atoms with Gasteiger partial charge in [0, 0.05) is 6.54 Å². The molecule has 0 radical (unpaired) electrons. The zero-order chi connectivity index (χ0) is 11.8. The van der Waals surface area contributed by atoms with Crippen LogP contribution in [-0.2, 0) is 4.79 Å². The molecule has 0 aromatic carbocycles. The molecule has 0 saturated heterocycles. The van der Waals surface area contributed by atoms with Gasteiger partial charge in [-0.05, 0) is 24.9 Å². The molecule has 15 heavy (non-hydrogen) atoms. The predicted molar refractivity (Wildman–Crippen MR) is 61.2 cm³/mol. The van der Waals surface area contributed by atoms with Gasteiger partial charge >= 0.3 is 12.0 Å². The summed E-state index contributed by atoms with van der Waals surface area (Å²) in [6.07, 6.45) is 2.00. The molecule has 5 nitrogen and oxygen atoms in total. The number of carbonyl (C=O) groups excluding carboxylic acids is 1. The van der Waals surface area contributed by atoms with Gasteiger partial charge in [0.1, 0.15) is 6.04 Å². The molecule has 3 N–H and O–H groups in total. The summed E-state index contributed by atoms with van der Waals surface area (Å²) < 4.78 is 0. The van der Waals surface area contributed by atoms with Gasteiger partial charge in [-0.1, -0.05) is 6.92 Å². The molecule has 0 bridgehead atoms. The molecule has 0 fully saturated rings. The number of carboxylic acid groups (broad SMARTS) is 1. The first-order chi connectivity index (χ1) is 6.97. The van der Waals surface area contributed by atoms with E-state index in [1.165, 1.54) is 6.92 Å². The summed E-state index contributed by atoms with van der Waals surface area (Å²) in [7, 11) is 0. The molecule has 6 heteroatoms. The van der Waals surface area contributed by atoms with E-state index in [4.69, 9.17) is 5.11 Å². The van der Waals surface area contributed by atoms with Gasteiger partial charge in [0.05, 0.1) is 0 Å². The highest BCUT2D eigenvalue weighted by Crippen LogP contribution is 2.02. The van der Waals surface area contributed by atoms with Gasteiger partial charge in [0.2, 0.25) is 0 Å². The van der Waals surface area contributed by atoms with E-state index in [0.717, 1.165) is 5.75 Å². The summed E-state index contributed by atoms with van der Waals surface area (Å²) in [5.41, 5.74) is 0. The van der Waals surface area contributed by atoms with Gasteiger partial charge in [-0.25, -0.2) is 4.79 Å². The summed E-state index contributed by atoms with van der Waals surface area (Å²) in [5, 5.41) is 13.5. The summed E-state index contributed by atoms with van der Waals surface area (Å²) in [5.74, 6) is 0.308. The van der Waals surface area contributed by atoms with E-state index in [9.17, 15) is 9.59 Å². The first-order valence-electron chi connectivity index (χ1n) is 4.73. The van der Waals surface area contributed by atoms with E-state index in [-0.39, 0.29) is 0 Å². The maximum absolute atomic E-state index is 11.2. The Balaban J connectivity index is 3.70. The highest BCUT2D eigenvalue weighted by molar-refractivity contribution is 7.98. The van der Waals surface area contributed by atoms with Crippen LogP contribution in [-0.4, -0.2) is 41.7 Å². The molecular weight excluding hydrogens is 216 g/mol. The Hall–Kier alpha value is -0.910. The number of hydrogen-bond acceptors (Lipinski definition) is 3. The predicted octanol–water partition coefficient (Wildman–Crippen LogP) is 0.758. The Morgan fingerprint density at radius 3 is 2.47 bits per heavy atom. The minimum atomic E-state index is -1.04. The van der Waals surface area contributed by atoms with Crippen LogP contribution in [0.1, 0.15) is 13.8 Å². The van der Waals surface area contributed by atoms with Crippen LogP contribution in [0.3, 0.4) is 0 Å². The Morgan fingerprint density at radius 1 is 1.40 bits per heavy atom. The number of carboxylic acids is 1. The maximum atomic E-state index is 11.2. The summed E-state index contributed by atoms with van der Waals surface area (Å²) in [6, 6.07) is -1.29. The van der Waals surface area contributed by atoms with Crippen LogP contribution in [0.15, 0.2) is 0 Å². The van der Waals surface area contributed by atoms with Gasteiger partial charge in [0.15, 0.2) is 0 Å². The molecule has 0 aromatic heterocycles. The minimum Gasteiger partial charge on any atom is -0.480 e. The van der Waals surface area contributed by atoms with Crippen molar-refractivity contribution in [3.8, 4) is 0 Å². The Labute approximate surface area is 94.0 Å². The first kappa shape index (κ1) is 14.1. The molecule has 0 aromatic rings. The van der Waals surface area contributed by atoms with Crippen LogP contribution >= 0.6 is 11.8 Å². The molecular formula is C9H18N2O3S. The van der Waals surface area contributed by atoms with Crippen molar-refractivity contribution < 1.29 is 14.7 Å². The van der Waals surface area contributed by atoms with Crippen molar-refractivity contribution in [1.29, 1.82) is 0 Å². The third-order valence-electron chi connectivity index (χ3n) is 1.78. The zero-order valence-corrected chi connectivity index (χ0v) is 10.1. The van der Waals surface area contributed by atoms with Crippen molar-refractivity contribution in [3.63, 3.8) is 0 Å². The van der Waals surface area contributed by atoms with E-state index in [2.05, 4.69) is 10.6 Å². The third kappa shape index (κ3) is 7.07. The van der Waals surface area contributed by atoms with Crippen molar-refractivity contribution >= 4 is 23.8 Å². The van der Waals surface area contributed by atoms with E-state index in [0.29, 0.717) is 12.5 Å². The van der Waals surface area contributed by atoms with Crippen LogP contribution in [0, 0.1) is 5.92 Å². The first-order valence-corrected chi connectivity index (χ1v) is 6.12. The standard InChI is InChI=1S/C9H18N2O3S/c1-6(5-15-3)4-10-9(14)11-7(2)8(12)13/h6-7H,4-5H2,1-3H3,(H,12,13)(H2,10,11,14). The number of amides is 2. The molecule has 2 amide bonds. The molecule has 0 aliphatic carbocycles. The van der Waals surface area contributed by atoms with Gasteiger partial charge in [-0.2, -0.15) is 11.8 Å². The SMILES string of the molecule is CSCC(C)CNC(=O)NC(C)C(=O)O. The number of rotatable bonds is 6. The van der Waals surface area contributed by atoms with Crippen molar-refractivity contribution in [3.05, 3.63) is 0 Å². The quantitative estimate of drug-likeness (QED) is 0.634. The van der Waals surface area contributed by atoms with Gasteiger partial charge < -0.3 is 15.7 Å². The average molecular weight is 234 g/mol. The fraction of sp³-hybridized carbons (Fsp3) is 0.778. The lowest BCUT2D eigenvalue weighted by molar-refractivity contribution is -0.138. The molecule has 88 valence electrons. The van der Waals surface area contributed by atoms with E-state index < -0.39 is 18.0 Å². The second-order valence-corrected chi connectivity index (χ2v) is 4.39. The summed E-state index contributed by atoms with van der Waals surface area (Å²) in [6.45, 7) is 4.00. The monoisotopic (exact) mass is 234 g/mol. The second kappa shape index (κ2) is 7.39. The maximum Gasteiger partial charge on any atom is 0.325 e. The largest absolute Gasteiger partial charge is 0.480 e. The molecule has 2 atom stereocenters. The smallest absolute Gasteiger partial charge is 0.325 e. The second-order valence-electron chi connectivity index (χ2n) is 3.47. The molecule has 0 aliphatic rings. The lowest BCUT2D eigenvalue weighted by Gasteiger charge is -2.13. The number of hydrogen-bond donors (Lipinski definition) is 3. The van der Waals surface area contributed by atoms with Crippen LogP contribution in [0.25, 0.3) is 0 Å². The van der Waals surface area contributed by atoms with Crippen LogP contribution in [0.4, 0.5) is 4.79 Å². The topological polar surface area (TPSA) is 78.4 Å². The van der Waals surface area contributed by atoms with Crippen molar-refractivity contribution in [2.45, 2.75) is 19.9 Å². The molecule has 0 rings (SSSR count). The number of nitrogens with one attached hydrogen (secondary N) is 2. The van der Waals surface area contributed by atoms with Crippen molar-refractivity contribution in [2.75, 3.05) is 18.6 Å². The lowest BCUT2D eigenvalue weighted by Crippen LogP contribution is -2.45. The van der Waals surface area contributed by atoms with Gasteiger partial charge in [-0.15, -0.1) is 0 Å². The summed E-state index contributed by atoms with van der Waals surface area (Å²) in [4.78, 5) is 21.6. The molecule has 0 saturated carbocycles. The molecule has 0 heterocycles. The van der Waals surface area contributed by atoms with Crippen LogP contribution in [0.2, 0.25) is 0 Å². The fourth-order valence-electron chi connectivity index (χ4n) is 0.920. The Bertz CT molecular complexity index is 223. The number of carbonyl (C=O) groups is 2. The highest BCUT2D eigenvalue weighted by atomic mass is 32.2. The minimum absolute atomic E-state index is 0.380. The number of urea groups is 1.